The number of nitrogens with zero attached hydrogens (tertiary/aromatic N) is 3. The predicted molar refractivity (Wildman–Crippen MR) is 104 cm³/mol. The van der Waals surface area contributed by atoms with Gasteiger partial charge in [0, 0.05) is 12.7 Å². The average molecular weight is 401 g/mol. The minimum atomic E-state index is -1.27. The van der Waals surface area contributed by atoms with Crippen LogP contribution in [0.4, 0.5) is 20.6 Å². The average Bonchev–Trinajstić information content (AvgIpc) is 3.06. The third kappa shape index (κ3) is 4.99. The molecule has 0 bridgehead atoms. The second-order valence-electron chi connectivity index (χ2n) is 6.28. The number of amides is 1. The monoisotopic (exact) mass is 401 g/mol. The summed E-state index contributed by atoms with van der Waals surface area (Å²) < 4.78 is 26.3. The normalized spacial score (nSPS) is 10.7. The van der Waals surface area contributed by atoms with Gasteiger partial charge in [0.1, 0.15) is 12.1 Å². The van der Waals surface area contributed by atoms with Gasteiger partial charge in [-0.1, -0.05) is 0 Å². The number of benzene rings is 2. The van der Waals surface area contributed by atoms with Crippen molar-refractivity contribution in [1.82, 2.24) is 14.8 Å². The highest BCUT2D eigenvalue weighted by molar-refractivity contribution is 5.82. The molecule has 1 amide bonds. The Kier molecular flexibility index (Phi) is 5.93. The Morgan fingerprint density at radius 1 is 1.24 bits per heavy atom. The second-order valence-corrected chi connectivity index (χ2v) is 6.28. The molecule has 0 spiro atoms. The number of carboxylic acid groups (broad SMARTS) is 1. The van der Waals surface area contributed by atoms with Gasteiger partial charge in [-0.05, 0) is 41.5 Å². The summed E-state index contributed by atoms with van der Waals surface area (Å²) in [7, 11) is 3.27. The van der Waals surface area contributed by atoms with Crippen molar-refractivity contribution in [2.75, 3.05) is 18.2 Å². The molecule has 0 saturated carbocycles. The fraction of sp³-hybridized carbons (Fsp3) is 0.211. The van der Waals surface area contributed by atoms with E-state index in [4.69, 9.17) is 20.3 Å². The molecule has 3 aromatic rings. The first-order valence-corrected chi connectivity index (χ1v) is 8.55. The number of hydrogen-bond donors (Lipinski definition) is 3. The molecule has 0 fully saturated rings. The lowest BCUT2D eigenvalue weighted by Crippen LogP contribution is -2.08. The summed E-state index contributed by atoms with van der Waals surface area (Å²) in [6.45, 7) is 0.265. The Hall–Kier alpha value is -3.66. The second kappa shape index (κ2) is 8.57. The van der Waals surface area contributed by atoms with Crippen LogP contribution in [0.25, 0.3) is 11.4 Å². The van der Waals surface area contributed by atoms with Crippen LogP contribution in [0.3, 0.4) is 0 Å². The molecule has 1 heterocycles. The number of nitrogen functional groups attached to an aromatic ring is 1. The largest absolute Gasteiger partial charge is 0.494 e. The minimum Gasteiger partial charge on any atom is -0.494 e. The van der Waals surface area contributed by atoms with Crippen LogP contribution in [0.5, 0.6) is 5.75 Å². The Morgan fingerprint density at radius 2 is 1.97 bits per heavy atom. The van der Waals surface area contributed by atoms with E-state index in [1.54, 1.807) is 24.1 Å². The fourth-order valence-corrected chi connectivity index (χ4v) is 2.87. The zero-order valence-electron chi connectivity index (χ0n) is 15.8. The summed E-state index contributed by atoms with van der Waals surface area (Å²) in [5, 5.41) is 15.2. The van der Waals surface area contributed by atoms with E-state index in [0.29, 0.717) is 28.4 Å². The highest BCUT2D eigenvalue weighted by Crippen LogP contribution is 2.34. The summed E-state index contributed by atoms with van der Waals surface area (Å²) in [6, 6.07) is 7.40. The summed E-state index contributed by atoms with van der Waals surface area (Å²) >= 11 is 0. The zero-order chi connectivity index (χ0) is 21.0. The summed E-state index contributed by atoms with van der Waals surface area (Å²) in [5.41, 5.74) is 8.51. The summed E-state index contributed by atoms with van der Waals surface area (Å²) in [4.78, 5) is 15.0. The molecule has 0 atom stereocenters. The van der Waals surface area contributed by atoms with Crippen LogP contribution >= 0.6 is 0 Å². The SMILES string of the molecule is COc1c(N)cc(COCc2cc(F)cc(NC(=O)O)c2)cc1-c1ncn(C)n1. The first kappa shape index (κ1) is 20.1. The molecule has 0 unspecified atom stereocenters. The zero-order valence-corrected chi connectivity index (χ0v) is 15.8. The Morgan fingerprint density at radius 3 is 2.59 bits per heavy atom. The maximum atomic E-state index is 13.7. The van der Waals surface area contributed by atoms with Crippen LogP contribution in [-0.4, -0.2) is 33.1 Å². The summed E-state index contributed by atoms with van der Waals surface area (Å²) in [6.07, 6.45) is 0.299. The number of nitrogens with one attached hydrogen (secondary N) is 1. The first-order chi connectivity index (χ1) is 13.9. The molecule has 0 aliphatic carbocycles. The number of methoxy groups -OCH3 is 1. The number of aryl methyl sites for hydroxylation is 1. The molecule has 0 saturated heterocycles. The highest BCUT2D eigenvalue weighted by atomic mass is 19.1. The van der Waals surface area contributed by atoms with Crippen molar-refractivity contribution in [2.24, 2.45) is 7.05 Å². The molecule has 4 N–H and O–H groups in total. The topological polar surface area (TPSA) is 125 Å². The van der Waals surface area contributed by atoms with Crippen LogP contribution in [0.2, 0.25) is 0 Å². The van der Waals surface area contributed by atoms with Crippen LogP contribution in [0, 0.1) is 5.82 Å². The standard InChI is InChI=1S/C19H20FN5O4/c1-25-10-22-18(24-25)15-5-12(6-16(21)17(15)28-2)9-29-8-11-3-13(20)7-14(4-11)23-19(26)27/h3-7,10,23H,8-9,21H2,1-2H3,(H,26,27). The number of carbonyl (C=O) groups is 1. The first-order valence-electron chi connectivity index (χ1n) is 8.55. The van der Waals surface area contributed by atoms with Crippen LogP contribution in [0.1, 0.15) is 11.1 Å². The van der Waals surface area contributed by atoms with Gasteiger partial charge in [0.2, 0.25) is 0 Å². The van der Waals surface area contributed by atoms with Gasteiger partial charge < -0.3 is 20.3 Å². The molecule has 0 radical (unpaired) electrons. The molecule has 3 rings (SSSR count). The highest BCUT2D eigenvalue weighted by Gasteiger charge is 2.15. The number of anilines is 2. The fourth-order valence-electron chi connectivity index (χ4n) is 2.87. The lowest BCUT2D eigenvalue weighted by molar-refractivity contribution is 0.107. The lowest BCUT2D eigenvalue weighted by Gasteiger charge is -2.12. The van der Waals surface area contributed by atoms with E-state index >= 15 is 0 Å². The van der Waals surface area contributed by atoms with Crippen molar-refractivity contribution in [3.63, 3.8) is 0 Å². The lowest BCUT2D eigenvalue weighted by atomic mass is 10.1. The van der Waals surface area contributed by atoms with Gasteiger partial charge in [-0.25, -0.2) is 14.2 Å². The van der Waals surface area contributed by atoms with Crippen LogP contribution in [0.15, 0.2) is 36.7 Å². The Bertz CT molecular complexity index is 1040. The number of rotatable bonds is 7. The molecule has 10 heteroatoms. The van der Waals surface area contributed by atoms with Gasteiger partial charge in [0.25, 0.3) is 0 Å². The molecule has 152 valence electrons. The predicted octanol–water partition coefficient (Wildman–Crippen LogP) is 3.02. The molecule has 1 aromatic heterocycles. The van der Waals surface area contributed by atoms with E-state index in [2.05, 4.69) is 15.4 Å². The Labute approximate surface area is 165 Å². The van der Waals surface area contributed by atoms with Gasteiger partial charge in [0.15, 0.2) is 11.6 Å². The minimum absolute atomic E-state index is 0.0785. The van der Waals surface area contributed by atoms with Gasteiger partial charge in [-0.15, -0.1) is 0 Å². The van der Waals surface area contributed by atoms with Crippen LogP contribution in [-0.2, 0) is 25.0 Å². The number of halogens is 1. The molecule has 0 aliphatic rings. The number of ether oxygens (including phenoxy) is 2. The molecule has 29 heavy (non-hydrogen) atoms. The van der Waals surface area contributed by atoms with Gasteiger partial charge in [-0.2, -0.15) is 5.10 Å². The van der Waals surface area contributed by atoms with E-state index in [1.165, 1.54) is 19.2 Å². The third-order valence-corrected chi connectivity index (χ3v) is 3.97. The Balaban J connectivity index is 1.75. The molecule has 2 aromatic carbocycles. The van der Waals surface area contributed by atoms with Gasteiger partial charge in [-0.3, -0.25) is 10.00 Å². The van der Waals surface area contributed by atoms with Crippen LogP contribution < -0.4 is 15.8 Å². The maximum Gasteiger partial charge on any atom is 0.409 e. The van der Waals surface area contributed by atoms with Gasteiger partial charge in [0.05, 0.1) is 31.6 Å². The third-order valence-electron chi connectivity index (χ3n) is 3.97. The van der Waals surface area contributed by atoms with Crippen molar-refractivity contribution in [3.05, 3.63) is 53.6 Å². The summed E-state index contributed by atoms with van der Waals surface area (Å²) in [5.74, 6) is 0.369. The smallest absolute Gasteiger partial charge is 0.409 e. The van der Waals surface area contributed by atoms with E-state index in [-0.39, 0.29) is 18.9 Å². The van der Waals surface area contributed by atoms with Crippen molar-refractivity contribution in [2.45, 2.75) is 13.2 Å². The van der Waals surface area contributed by atoms with E-state index in [0.717, 1.165) is 11.6 Å². The van der Waals surface area contributed by atoms with E-state index in [9.17, 15) is 9.18 Å². The number of hydrogen-bond acceptors (Lipinski definition) is 6. The van der Waals surface area contributed by atoms with E-state index < -0.39 is 11.9 Å². The maximum absolute atomic E-state index is 13.7. The van der Waals surface area contributed by atoms with Crippen molar-refractivity contribution < 1.29 is 23.8 Å². The van der Waals surface area contributed by atoms with Crippen molar-refractivity contribution in [1.29, 1.82) is 0 Å². The molecular weight excluding hydrogens is 381 g/mol. The van der Waals surface area contributed by atoms with Gasteiger partial charge >= 0.3 is 6.09 Å². The molecular formula is C19H20FN5O4. The molecule has 9 nitrogen and oxygen atoms in total. The quantitative estimate of drug-likeness (QED) is 0.520. The van der Waals surface area contributed by atoms with Crippen molar-refractivity contribution in [3.8, 4) is 17.1 Å². The molecule has 0 aliphatic heterocycles. The van der Waals surface area contributed by atoms with Crippen molar-refractivity contribution >= 4 is 17.5 Å². The number of nitrogens with two attached hydrogens (primary N) is 1. The number of aromatic nitrogens is 3. The van der Waals surface area contributed by atoms with E-state index in [1.807, 2.05) is 6.07 Å².